The molecule has 0 saturated heterocycles. The molecule has 2 N–H and O–H groups in total. The van der Waals surface area contributed by atoms with Crippen molar-refractivity contribution < 1.29 is 13.5 Å². The molecule has 0 rings (SSSR count). The quantitative estimate of drug-likeness (QED) is 0.562. The summed E-state index contributed by atoms with van der Waals surface area (Å²) in [6, 6.07) is -0.0750. The van der Waals surface area contributed by atoms with Gasteiger partial charge in [-0.05, 0) is 32.9 Å². The molecule has 1 unspecified atom stereocenters. The Bertz CT molecular complexity index is 276. The molecule has 6 heteroatoms. The van der Waals surface area contributed by atoms with Crippen LogP contribution in [0.4, 0.5) is 0 Å². The molecule has 0 saturated carbocycles. The Kier molecular flexibility index (Phi) is 8.77. The van der Waals surface area contributed by atoms with Gasteiger partial charge in [-0.1, -0.05) is 13.8 Å². The van der Waals surface area contributed by atoms with Gasteiger partial charge in [0, 0.05) is 19.2 Å². The minimum Gasteiger partial charge on any atom is -0.396 e. The molecule has 0 radical (unpaired) electrons. The molecule has 0 aromatic carbocycles. The summed E-state index contributed by atoms with van der Waals surface area (Å²) in [6.45, 7) is 8.62. The second-order valence-electron chi connectivity index (χ2n) is 4.25. The van der Waals surface area contributed by atoms with Crippen LogP contribution in [0.3, 0.4) is 0 Å². The number of nitrogens with zero attached hydrogens (tertiary/aromatic N) is 1. The molecule has 104 valence electrons. The van der Waals surface area contributed by atoms with Crippen molar-refractivity contribution in [2.24, 2.45) is 0 Å². The van der Waals surface area contributed by atoms with E-state index >= 15 is 0 Å². The zero-order valence-corrected chi connectivity index (χ0v) is 12.0. The Hall–Kier alpha value is -0.170. The van der Waals surface area contributed by atoms with Gasteiger partial charge < -0.3 is 10.0 Å². The number of hydrogen-bond donors (Lipinski definition) is 2. The fourth-order valence-electron chi connectivity index (χ4n) is 1.68. The zero-order chi connectivity index (χ0) is 13.3. The maximum Gasteiger partial charge on any atom is 0.211 e. The maximum atomic E-state index is 11.7. The summed E-state index contributed by atoms with van der Waals surface area (Å²) < 4.78 is 26.0. The molecule has 0 spiro atoms. The molecule has 1 atom stereocenters. The van der Waals surface area contributed by atoms with Crippen LogP contribution in [0, 0.1) is 0 Å². The average molecular weight is 266 g/mol. The van der Waals surface area contributed by atoms with E-state index in [0.29, 0.717) is 12.8 Å². The van der Waals surface area contributed by atoms with Crippen molar-refractivity contribution in [1.82, 2.24) is 9.62 Å². The van der Waals surface area contributed by atoms with Crippen molar-refractivity contribution in [2.75, 3.05) is 32.0 Å². The summed E-state index contributed by atoms with van der Waals surface area (Å²) in [7, 11) is -3.20. The van der Waals surface area contributed by atoms with Crippen molar-refractivity contribution >= 4 is 10.0 Å². The van der Waals surface area contributed by atoms with Crippen molar-refractivity contribution in [3.63, 3.8) is 0 Å². The minimum absolute atomic E-state index is 0.0462. The molecule has 5 nitrogen and oxygen atoms in total. The van der Waals surface area contributed by atoms with E-state index in [2.05, 4.69) is 23.5 Å². The Balaban J connectivity index is 4.04. The third-order valence-corrected chi connectivity index (χ3v) is 4.22. The summed E-state index contributed by atoms with van der Waals surface area (Å²) in [5, 5.41) is 8.61. The molecule has 0 amide bonds. The van der Waals surface area contributed by atoms with E-state index in [4.69, 9.17) is 5.11 Å². The number of sulfonamides is 1. The molecule has 0 aliphatic carbocycles. The third kappa shape index (κ3) is 8.54. The van der Waals surface area contributed by atoms with Crippen LogP contribution < -0.4 is 4.72 Å². The molecule has 0 fully saturated rings. The summed E-state index contributed by atoms with van der Waals surface area (Å²) in [6.07, 6.45) is 1.04. The summed E-state index contributed by atoms with van der Waals surface area (Å²) in [5.41, 5.74) is 0. The van der Waals surface area contributed by atoms with Gasteiger partial charge in [-0.25, -0.2) is 13.1 Å². The first-order valence-corrected chi connectivity index (χ1v) is 7.93. The van der Waals surface area contributed by atoms with Crippen molar-refractivity contribution in [3.05, 3.63) is 0 Å². The summed E-state index contributed by atoms with van der Waals surface area (Å²) in [5.74, 6) is 0.0934. The molecule has 0 aromatic heterocycles. The molecule has 0 bridgehead atoms. The molecule has 0 aliphatic heterocycles. The Morgan fingerprint density at radius 3 is 2.29 bits per heavy atom. The number of aliphatic hydroxyl groups is 1. The zero-order valence-electron chi connectivity index (χ0n) is 11.1. The number of unbranched alkanes of at least 4 members (excludes halogenated alkanes) is 1. The van der Waals surface area contributed by atoms with Gasteiger partial charge in [-0.3, -0.25) is 0 Å². The van der Waals surface area contributed by atoms with E-state index in [9.17, 15) is 8.42 Å². The van der Waals surface area contributed by atoms with Crippen LogP contribution in [0.2, 0.25) is 0 Å². The Morgan fingerprint density at radius 2 is 1.82 bits per heavy atom. The minimum atomic E-state index is -3.20. The van der Waals surface area contributed by atoms with E-state index < -0.39 is 10.0 Å². The standard InChI is InChI=1S/C11H26N2O3S/c1-4-13(5-2)10-11(3)12-17(15,16)9-7-6-8-14/h11-12,14H,4-10H2,1-3H3. The Morgan fingerprint density at radius 1 is 1.24 bits per heavy atom. The lowest BCUT2D eigenvalue weighted by atomic mass is 10.3. The first-order chi connectivity index (χ1) is 7.95. The SMILES string of the molecule is CCN(CC)CC(C)NS(=O)(=O)CCCCO. The van der Waals surface area contributed by atoms with E-state index in [0.717, 1.165) is 19.6 Å². The fraction of sp³-hybridized carbons (Fsp3) is 1.00. The molecular formula is C11H26N2O3S. The van der Waals surface area contributed by atoms with Crippen LogP contribution >= 0.6 is 0 Å². The van der Waals surface area contributed by atoms with Gasteiger partial charge in [-0.15, -0.1) is 0 Å². The van der Waals surface area contributed by atoms with Gasteiger partial charge in [-0.2, -0.15) is 0 Å². The van der Waals surface area contributed by atoms with Crippen molar-refractivity contribution in [2.45, 2.75) is 39.7 Å². The van der Waals surface area contributed by atoms with Gasteiger partial charge in [0.2, 0.25) is 10.0 Å². The highest BCUT2D eigenvalue weighted by Gasteiger charge is 2.15. The predicted molar refractivity (Wildman–Crippen MR) is 70.5 cm³/mol. The number of hydrogen-bond acceptors (Lipinski definition) is 4. The molecule has 0 heterocycles. The highest BCUT2D eigenvalue weighted by molar-refractivity contribution is 7.89. The number of nitrogens with one attached hydrogen (secondary N) is 1. The van der Waals surface area contributed by atoms with Crippen LogP contribution in [0.25, 0.3) is 0 Å². The van der Waals surface area contributed by atoms with E-state index in [1.807, 2.05) is 6.92 Å². The highest BCUT2D eigenvalue weighted by Crippen LogP contribution is 1.98. The monoisotopic (exact) mass is 266 g/mol. The predicted octanol–water partition coefficient (Wildman–Crippen LogP) is 0.409. The van der Waals surface area contributed by atoms with Crippen LogP contribution in [0.15, 0.2) is 0 Å². The Labute approximate surface area is 105 Å². The second kappa shape index (κ2) is 8.85. The first kappa shape index (κ1) is 16.8. The normalized spacial score (nSPS) is 14.2. The van der Waals surface area contributed by atoms with Crippen molar-refractivity contribution in [1.29, 1.82) is 0 Å². The van der Waals surface area contributed by atoms with E-state index in [1.54, 1.807) is 0 Å². The second-order valence-corrected chi connectivity index (χ2v) is 6.13. The van der Waals surface area contributed by atoms with Gasteiger partial charge >= 0.3 is 0 Å². The number of rotatable bonds is 10. The fourth-order valence-corrected chi connectivity index (χ4v) is 3.07. The topological polar surface area (TPSA) is 69.6 Å². The van der Waals surface area contributed by atoms with Crippen molar-refractivity contribution in [3.8, 4) is 0 Å². The van der Waals surface area contributed by atoms with Gasteiger partial charge in [0.1, 0.15) is 0 Å². The van der Waals surface area contributed by atoms with E-state index in [-0.39, 0.29) is 18.4 Å². The molecular weight excluding hydrogens is 240 g/mol. The third-order valence-electron chi connectivity index (χ3n) is 2.63. The van der Waals surface area contributed by atoms with E-state index in [1.165, 1.54) is 0 Å². The number of likely N-dealkylation sites (N-methyl/N-ethyl adjacent to an activating group) is 1. The van der Waals surface area contributed by atoms with Crippen LogP contribution in [-0.4, -0.2) is 56.5 Å². The van der Waals surface area contributed by atoms with Crippen LogP contribution in [0.5, 0.6) is 0 Å². The van der Waals surface area contributed by atoms with Gasteiger partial charge in [0.05, 0.1) is 5.75 Å². The summed E-state index contributed by atoms with van der Waals surface area (Å²) in [4.78, 5) is 2.18. The lowest BCUT2D eigenvalue weighted by Crippen LogP contribution is -2.42. The molecule has 17 heavy (non-hydrogen) atoms. The number of aliphatic hydroxyl groups excluding tert-OH is 1. The highest BCUT2D eigenvalue weighted by atomic mass is 32.2. The largest absolute Gasteiger partial charge is 0.396 e. The van der Waals surface area contributed by atoms with Crippen LogP contribution in [-0.2, 0) is 10.0 Å². The summed E-state index contributed by atoms with van der Waals surface area (Å²) >= 11 is 0. The average Bonchev–Trinajstić information content (AvgIpc) is 2.25. The van der Waals surface area contributed by atoms with Crippen LogP contribution in [0.1, 0.15) is 33.6 Å². The lowest BCUT2D eigenvalue weighted by Gasteiger charge is -2.23. The van der Waals surface area contributed by atoms with Gasteiger partial charge in [0.25, 0.3) is 0 Å². The maximum absolute atomic E-state index is 11.7. The van der Waals surface area contributed by atoms with Gasteiger partial charge in [0.15, 0.2) is 0 Å². The smallest absolute Gasteiger partial charge is 0.211 e. The first-order valence-electron chi connectivity index (χ1n) is 6.28. The lowest BCUT2D eigenvalue weighted by molar-refractivity contribution is 0.281. The molecule has 0 aromatic rings. The molecule has 0 aliphatic rings.